The van der Waals surface area contributed by atoms with Crippen molar-refractivity contribution < 1.29 is 14.3 Å². The summed E-state index contributed by atoms with van der Waals surface area (Å²) in [7, 11) is 0. The molecule has 4 rings (SSSR count). The normalized spacial score (nSPS) is 11.0. The summed E-state index contributed by atoms with van der Waals surface area (Å²) in [6.07, 6.45) is 3.99. The number of carbonyl (C=O) groups is 2. The smallest absolute Gasteiger partial charge is 0.340 e. The van der Waals surface area contributed by atoms with Gasteiger partial charge in [-0.25, -0.2) is 4.79 Å². The van der Waals surface area contributed by atoms with E-state index in [0.717, 1.165) is 46.0 Å². The Hall–Kier alpha value is -3.99. The lowest BCUT2D eigenvalue weighted by Crippen LogP contribution is -2.24. The summed E-state index contributed by atoms with van der Waals surface area (Å²) in [5.41, 5.74) is 5.92. The average Bonchev–Trinajstić information content (AvgIpc) is 2.89. The summed E-state index contributed by atoms with van der Waals surface area (Å²) in [4.78, 5) is 29.9. The predicted octanol–water partition coefficient (Wildman–Crippen LogP) is 6.59. The minimum absolute atomic E-state index is 0.0591. The van der Waals surface area contributed by atoms with E-state index in [1.54, 1.807) is 6.20 Å². The van der Waals surface area contributed by atoms with Crippen LogP contribution >= 0.6 is 0 Å². The molecular formula is C31H32N2O3. The van der Waals surface area contributed by atoms with E-state index in [2.05, 4.69) is 35.4 Å². The molecule has 1 N–H and O–H groups in total. The van der Waals surface area contributed by atoms with Crippen molar-refractivity contribution >= 4 is 22.8 Å². The zero-order valence-corrected chi connectivity index (χ0v) is 21.1. The molecule has 0 saturated heterocycles. The standard InChI is InChI=1S/C31H32N2O3/c1-4-5-17-32-30(34)24-13-11-23(12-14-24)25-15-16-29-27(19-25)26(18-22-9-7-6-8-10-22)28(20-33-29)31(35)36-21(2)3/h6-16,19-21H,4-5,17-18H2,1-3H3,(H,32,34). The molecule has 0 aliphatic carbocycles. The first kappa shape index (κ1) is 25.1. The van der Waals surface area contributed by atoms with Gasteiger partial charge in [-0.05, 0) is 73.2 Å². The summed E-state index contributed by atoms with van der Waals surface area (Å²) >= 11 is 0. The minimum atomic E-state index is -0.367. The van der Waals surface area contributed by atoms with E-state index in [1.165, 1.54) is 0 Å². The number of nitrogens with one attached hydrogen (secondary N) is 1. The Morgan fingerprint density at radius 1 is 0.944 bits per heavy atom. The zero-order valence-electron chi connectivity index (χ0n) is 21.1. The van der Waals surface area contributed by atoms with Crippen molar-refractivity contribution in [1.82, 2.24) is 10.3 Å². The van der Waals surface area contributed by atoms with Gasteiger partial charge in [0.15, 0.2) is 0 Å². The molecule has 0 unspecified atom stereocenters. The number of aromatic nitrogens is 1. The Balaban J connectivity index is 1.72. The molecule has 184 valence electrons. The van der Waals surface area contributed by atoms with Crippen molar-refractivity contribution in [2.45, 2.75) is 46.1 Å². The van der Waals surface area contributed by atoms with Crippen LogP contribution in [0.25, 0.3) is 22.0 Å². The number of nitrogens with zero attached hydrogens (tertiary/aromatic N) is 1. The minimum Gasteiger partial charge on any atom is -0.459 e. The molecule has 0 aliphatic rings. The van der Waals surface area contributed by atoms with Gasteiger partial charge < -0.3 is 10.1 Å². The quantitative estimate of drug-likeness (QED) is 0.217. The molecule has 1 heterocycles. The van der Waals surface area contributed by atoms with Gasteiger partial charge in [-0.2, -0.15) is 0 Å². The van der Waals surface area contributed by atoms with Crippen LogP contribution in [0.3, 0.4) is 0 Å². The maximum atomic E-state index is 13.0. The van der Waals surface area contributed by atoms with E-state index in [1.807, 2.05) is 68.4 Å². The molecule has 3 aromatic carbocycles. The Kier molecular flexibility index (Phi) is 8.11. The number of hydrogen-bond donors (Lipinski definition) is 1. The molecule has 0 spiro atoms. The average molecular weight is 481 g/mol. The maximum absolute atomic E-state index is 13.0. The lowest BCUT2D eigenvalue weighted by molar-refractivity contribution is 0.0376. The predicted molar refractivity (Wildman–Crippen MR) is 144 cm³/mol. The molecule has 5 heteroatoms. The van der Waals surface area contributed by atoms with Crippen LogP contribution in [0.5, 0.6) is 0 Å². The SMILES string of the molecule is CCCCNC(=O)c1ccc(-c2ccc3ncc(C(=O)OC(C)C)c(Cc4ccccc4)c3c2)cc1. The first-order chi connectivity index (χ1) is 17.5. The summed E-state index contributed by atoms with van der Waals surface area (Å²) in [6.45, 7) is 6.46. The second-order valence-corrected chi connectivity index (χ2v) is 9.19. The molecule has 1 amide bonds. The number of carbonyl (C=O) groups excluding carboxylic acids is 2. The van der Waals surface area contributed by atoms with Crippen molar-refractivity contribution in [1.29, 1.82) is 0 Å². The number of pyridine rings is 1. The van der Waals surface area contributed by atoms with Crippen LogP contribution in [0.15, 0.2) is 79.0 Å². The second-order valence-electron chi connectivity index (χ2n) is 9.19. The van der Waals surface area contributed by atoms with Gasteiger partial charge >= 0.3 is 5.97 Å². The molecule has 0 radical (unpaired) electrons. The highest BCUT2D eigenvalue weighted by Gasteiger charge is 2.19. The Morgan fingerprint density at radius 3 is 2.36 bits per heavy atom. The van der Waals surface area contributed by atoms with Crippen LogP contribution < -0.4 is 5.32 Å². The first-order valence-electron chi connectivity index (χ1n) is 12.5. The third-order valence-electron chi connectivity index (χ3n) is 6.06. The van der Waals surface area contributed by atoms with Crippen LogP contribution in [0.1, 0.15) is 65.5 Å². The van der Waals surface area contributed by atoms with E-state index in [-0.39, 0.29) is 18.0 Å². The number of hydrogen-bond acceptors (Lipinski definition) is 4. The fourth-order valence-electron chi connectivity index (χ4n) is 4.17. The fraction of sp³-hybridized carbons (Fsp3) is 0.258. The van der Waals surface area contributed by atoms with E-state index in [9.17, 15) is 9.59 Å². The Morgan fingerprint density at radius 2 is 1.67 bits per heavy atom. The van der Waals surface area contributed by atoms with Crippen molar-refractivity contribution in [2.24, 2.45) is 0 Å². The van der Waals surface area contributed by atoms with Crippen molar-refractivity contribution in [3.05, 3.63) is 101 Å². The number of amides is 1. The molecule has 4 aromatic rings. The van der Waals surface area contributed by atoms with E-state index in [0.29, 0.717) is 24.1 Å². The van der Waals surface area contributed by atoms with Gasteiger partial charge in [0.1, 0.15) is 0 Å². The van der Waals surface area contributed by atoms with Gasteiger partial charge in [-0.3, -0.25) is 9.78 Å². The van der Waals surface area contributed by atoms with Crippen LogP contribution in [0, 0.1) is 0 Å². The Bertz CT molecular complexity index is 1350. The van der Waals surface area contributed by atoms with Gasteiger partial charge in [0, 0.05) is 23.7 Å². The molecule has 0 saturated carbocycles. The summed E-state index contributed by atoms with van der Waals surface area (Å²) in [5, 5.41) is 3.87. The molecule has 0 bridgehead atoms. The number of rotatable bonds is 9. The highest BCUT2D eigenvalue weighted by atomic mass is 16.5. The number of fused-ring (bicyclic) bond motifs is 1. The van der Waals surface area contributed by atoms with Gasteiger partial charge in [0.25, 0.3) is 5.91 Å². The fourth-order valence-corrected chi connectivity index (χ4v) is 4.17. The van der Waals surface area contributed by atoms with Crippen molar-refractivity contribution in [3.8, 4) is 11.1 Å². The lowest BCUT2D eigenvalue weighted by Gasteiger charge is -2.15. The van der Waals surface area contributed by atoms with E-state index in [4.69, 9.17) is 4.74 Å². The highest BCUT2D eigenvalue weighted by molar-refractivity contribution is 5.99. The molecular weight excluding hydrogens is 448 g/mol. The molecule has 1 aromatic heterocycles. The molecule has 0 fully saturated rings. The van der Waals surface area contributed by atoms with Crippen LogP contribution in [0.2, 0.25) is 0 Å². The number of unbranched alkanes of at least 4 members (excludes halogenated alkanes) is 1. The third kappa shape index (κ3) is 5.98. The third-order valence-corrected chi connectivity index (χ3v) is 6.06. The molecule has 5 nitrogen and oxygen atoms in total. The van der Waals surface area contributed by atoms with Gasteiger partial charge in [0.2, 0.25) is 0 Å². The first-order valence-corrected chi connectivity index (χ1v) is 12.5. The van der Waals surface area contributed by atoms with Crippen molar-refractivity contribution in [2.75, 3.05) is 6.54 Å². The lowest BCUT2D eigenvalue weighted by atomic mass is 9.94. The second kappa shape index (κ2) is 11.6. The van der Waals surface area contributed by atoms with Crippen molar-refractivity contribution in [3.63, 3.8) is 0 Å². The zero-order chi connectivity index (χ0) is 25.5. The number of ether oxygens (including phenoxy) is 1. The van der Waals surface area contributed by atoms with Gasteiger partial charge in [-0.15, -0.1) is 0 Å². The van der Waals surface area contributed by atoms with E-state index < -0.39 is 0 Å². The largest absolute Gasteiger partial charge is 0.459 e. The van der Waals surface area contributed by atoms with E-state index >= 15 is 0 Å². The molecule has 0 aliphatic heterocycles. The highest BCUT2D eigenvalue weighted by Crippen LogP contribution is 2.29. The number of esters is 1. The van der Waals surface area contributed by atoms with Crippen LogP contribution in [-0.4, -0.2) is 29.5 Å². The topological polar surface area (TPSA) is 68.3 Å². The molecule has 0 atom stereocenters. The van der Waals surface area contributed by atoms with Crippen LogP contribution in [-0.2, 0) is 11.2 Å². The summed E-state index contributed by atoms with van der Waals surface area (Å²) in [6, 6.07) is 23.8. The molecule has 36 heavy (non-hydrogen) atoms. The van der Waals surface area contributed by atoms with Crippen LogP contribution in [0.4, 0.5) is 0 Å². The number of benzene rings is 3. The monoisotopic (exact) mass is 480 g/mol. The Labute approximate surface area is 212 Å². The van der Waals surface area contributed by atoms with Gasteiger partial charge in [-0.1, -0.05) is 61.9 Å². The maximum Gasteiger partial charge on any atom is 0.340 e. The summed E-state index contributed by atoms with van der Waals surface area (Å²) in [5.74, 6) is -0.426. The summed E-state index contributed by atoms with van der Waals surface area (Å²) < 4.78 is 5.53. The van der Waals surface area contributed by atoms with Gasteiger partial charge in [0.05, 0.1) is 17.2 Å².